The first kappa shape index (κ1) is 36.4. The lowest BCUT2D eigenvalue weighted by Crippen LogP contribution is -1.95. The van der Waals surface area contributed by atoms with E-state index in [4.69, 9.17) is 0 Å². The Bertz CT molecular complexity index is 1920. The molecule has 3 heterocycles. The summed E-state index contributed by atoms with van der Waals surface area (Å²) in [5.41, 5.74) is 8.03. The fraction of sp³-hybridized carbons (Fsp3) is 0.0667. The summed E-state index contributed by atoms with van der Waals surface area (Å²) in [7, 11) is 0. The molecule has 3 aliphatic heterocycles. The van der Waals surface area contributed by atoms with E-state index in [-0.39, 0.29) is 0 Å². The Labute approximate surface area is 339 Å². The molecule has 6 aromatic rings. The minimum absolute atomic E-state index is 0.429. The van der Waals surface area contributed by atoms with Crippen molar-refractivity contribution in [3.8, 4) is 0 Å². The molecule has 3 atom stereocenters. The van der Waals surface area contributed by atoms with E-state index in [2.05, 4.69) is 230 Å². The maximum Gasteiger partial charge on any atom is 0.0528 e. The monoisotopic (exact) mass is 906 g/mol. The number of hydrogen-bond acceptors (Lipinski definition) is 3. The van der Waals surface area contributed by atoms with Crippen LogP contribution < -0.4 is 0 Å². The van der Waals surface area contributed by atoms with Crippen LogP contribution in [0.3, 0.4) is 0 Å². The molecule has 6 heteroatoms. The Balaban J connectivity index is 0.000000119. The third-order valence-electron chi connectivity index (χ3n) is 8.47. The van der Waals surface area contributed by atoms with Gasteiger partial charge in [0.1, 0.15) is 0 Å². The second kappa shape index (κ2) is 17.7. The number of fused-ring (bicyclic) bond motifs is 3. The van der Waals surface area contributed by atoms with Crippen LogP contribution in [0.5, 0.6) is 0 Å². The number of rotatable bonds is 3. The lowest BCUT2D eigenvalue weighted by Gasteiger charge is -2.19. The van der Waals surface area contributed by atoms with E-state index < -0.39 is 0 Å². The standard InChI is InChI=1S/3C15H11BrS/c3*16-13-8-5-12(6-9-13)15-10-7-11-3-1-2-4-14(11)17-15/h3*1-10,15H/t3*15-/m111/s1. The summed E-state index contributed by atoms with van der Waals surface area (Å²) in [6.45, 7) is 0. The molecule has 0 N–H and O–H groups in total. The molecule has 9 rings (SSSR count). The molecule has 0 saturated heterocycles. The van der Waals surface area contributed by atoms with Gasteiger partial charge in [-0.1, -0.05) is 175 Å². The van der Waals surface area contributed by atoms with Gasteiger partial charge in [0.05, 0.1) is 15.7 Å². The molecule has 0 saturated carbocycles. The van der Waals surface area contributed by atoms with E-state index in [1.54, 1.807) is 0 Å². The molecule has 0 aromatic heterocycles. The molecule has 6 aromatic carbocycles. The lowest BCUT2D eigenvalue weighted by atomic mass is 10.1. The second-order valence-corrected chi connectivity index (χ2v) is 18.3. The van der Waals surface area contributed by atoms with Crippen LogP contribution in [0.2, 0.25) is 0 Å². The largest absolute Gasteiger partial charge is 0.113 e. The smallest absolute Gasteiger partial charge is 0.0528 e. The van der Waals surface area contributed by atoms with E-state index in [1.807, 2.05) is 35.3 Å². The van der Waals surface area contributed by atoms with Crippen molar-refractivity contribution in [3.05, 3.63) is 211 Å². The predicted molar refractivity (Wildman–Crippen MR) is 235 cm³/mol. The summed E-state index contributed by atoms with van der Waals surface area (Å²) in [5.74, 6) is 0. The number of halogens is 3. The van der Waals surface area contributed by atoms with Gasteiger partial charge in [-0.25, -0.2) is 0 Å². The number of benzene rings is 6. The van der Waals surface area contributed by atoms with Gasteiger partial charge >= 0.3 is 0 Å². The van der Waals surface area contributed by atoms with Gasteiger partial charge in [-0.15, -0.1) is 35.3 Å². The SMILES string of the molecule is Brc1ccc([C@H]2C=Cc3ccccc3S2)cc1.Brc1ccc([C@H]2C=Cc3ccccc3S2)cc1.Brc1ccc([C@H]2C=Cc3ccccc3S2)cc1. The van der Waals surface area contributed by atoms with Crippen molar-refractivity contribution in [3.63, 3.8) is 0 Å². The van der Waals surface area contributed by atoms with Crippen LogP contribution in [0, 0.1) is 0 Å². The minimum atomic E-state index is 0.429. The predicted octanol–water partition coefficient (Wildman–Crippen LogP) is 15.9. The molecular weight excluding hydrogens is 876 g/mol. The van der Waals surface area contributed by atoms with Crippen LogP contribution >= 0.6 is 83.1 Å². The summed E-state index contributed by atoms with van der Waals surface area (Å²) in [6.07, 6.45) is 13.5. The van der Waals surface area contributed by atoms with Gasteiger partial charge in [0, 0.05) is 28.1 Å². The quantitative estimate of drug-likeness (QED) is 0.174. The first-order valence-corrected chi connectivity index (χ1v) is 21.6. The Morgan fingerprint density at radius 3 is 0.843 bits per heavy atom. The van der Waals surface area contributed by atoms with E-state index in [1.165, 1.54) is 48.1 Å². The normalized spacial score (nSPS) is 17.8. The van der Waals surface area contributed by atoms with Crippen molar-refractivity contribution in [2.45, 2.75) is 30.4 Å². The second-order valence-electron chi connectivity index (χ2n) is 12.0. The summed E-state index contributed by atoms with van der Waals surface area (Å²) < 4.78 is 3.39. The van der Waals surface area contributed by atoms with Crippen molar-refractivity contribution >= 4 is 101 Å². The van der Waals surface area contributed by atoms with Crippen LogP contribution in [0.1, 0.15) is 49.1 Å². The van der Waals surface area contributed by atoms with Crippen molar-refractivity contribution in [2.75, 3.05) is 0 Å². The summed E-state index contributed by atoms with van der Waals surface area (Å²) >= 11 is 16.2. The highest BCUT2D eigenvalue weighted by molar-refractivity contribution is 9.11. The Morgan fingerprint density at radius 2 is 0.569 bits per heavy atom. The van der Waals surface area contributed by atoms with Crippen molar-refractivity contribution in [1.29, 1.82) is 0 Å². The van der Waals surface area contributed by atoms with Crippen molar-refractivity contribution < 1.29 is 0 Å². The van der Waals surface area contributed by atoms with Crippen LogP contribution in [0.4, 0.5) is 0 Å². The van der Waals surface area contributed by atoms with Crippen molar-refractivity contribution in [2.24, 2.45) is 0 Å². The van der Waals surface area contributed by atoms with Crippen LogP contribution in [0.25, 0.3) is 18.2 Å². The molecule has 0 amide bonds. The third kappa shape index (κ3) is 9.72. The molecule has 0 bridgehead atoms. The zero-order valence-corrected chi connectivity index (χ0v) is 34.6. The lowest BCUT2D eigenvalue weighted by molar-refractivity contribution is 1.20. The molecule has 0 fully saturated rings. The fourth-order valence-electron chi connectivity index (χ4n) is 5.77. The highest BCUT2D eigenvalue weighted by Crippen LogP contribution is 2.44. The summed E-state index contributed by atoms with van der Waals surface area (Å²) in [6, 6.07) is 51.3. The van der Waals surface area contributed by atoms with Crippen molar-refractivity contribution in [1.82, 2.24) is 0 Å². The molecule has 0 radical (unpaired) electrons. The Hall–Kier alpha value is -2.97. The third-order valence-corrected chi connectivity index (χ3v) is 14.0. The first-order valence-electron chi connectivity index (χ1n) is 16.6. The van der Waals surface area contributed by atoms with Crippen LogP contribution in [0.15, 0.2) is 192 Å². The van der Waals surface area contributed by atoms with Gasteiger partial charge in [-0.05, 0) is 88.0 Å². The van der Waals surface area contributed by atoms with Gasteiger partial charge < -0.3 is 0 Å². The maximum absolute atomic E-state index is 3.47. The van der Waals surface area contributed by atoms with E-state index in [0.717, 1.165) is 13.4 Å². The van der Waals surface area contributed by atoms with Crippen LogP contribution in [-0.2, 0) is 0 Å². The van der Waals surface area contributed by atoms with Gasteiger partial charge in [0.2, 0.25) is 0 Å². The zero-order valence-electron chi connectivity index (χ0n) is 27.4. The van der Waals surface area contributed by atoms with Gasteiger partial charge in [0.25, 0.3) is 0 Å². The molecule has 51 heavy (non-hydrogen) atoms. The maximum atomic E-state index is 3.47. The first-order chi connectivity index (χ1) is 25.0. The van der Waals surface area contributed by atoms with E-state index >= 15 is 0 Å². The van der Waals surface area contributed by atoms with Gasteiger partial charge in [-0.2, -0.15) is 0 Å². The number of thioether (sulfide) groups is 3. The Morgan fingerprint density at radius 1 is 0.314 bits per heavy atom. The van der Waals surface area contributed by atoms with E-state index in [0.29, 0.717) is 15.7 Å². The highest BCUT2D eigenvalue weighted by Gasteiger charge is 2.17. The molecule has 252 valence electrons. The Kier molecular flexibility index (Phi) is 12.6. The number of hydrogen-bond donors (Lipinski definition) is 0. The van der Waals surface area contributed by atoms with E-state index in [9.17, 15) is 0 Å². The zero-order chi connectivity index (χ0) is 35.0. The fourth-order valence-corrected chi connectivity index (χ4v) is 10.0. The minimum Gasteiger partial charge on any atom is -0.113 e. The summed E-state index contributed by atoms with van der Waals surface area (Å²) in [4.78, 5) is 4.09. The molecule has 0 unspecified atom stereocenters. The van der Waals surface area contributed by atoms with Gasteiger partial charge in [-0.3, -0.25) is 0 Å². The molecule has 0 aliphatic carbocycles. The topological polar surface area (TPSA) is 0 Å². The molecule has 0 nitrogen and oxygen atoms in total. The highest BCUT2D eigenvalue weighted by atomic mass is 79.9. The van der Waals surface area contributed by atoms with Crippen LogP contribution in [-0.4, -0.2) is 0 Å². The average Bonchev–Trinajstić information content (AvgIpc) is 3.19. The molecular formula is C45H33Br3S3. The van der Waals surface area contributed by atoms with Gasteiger partial charge in [0.15, 0.2) is 0 Å². The average molecular weight is 910 g/mol. The molecule has 0 spiro atoms. The molecule has 3 aliphatic rings. The summed E-state index contributed by atoms with van der Waals surface area (Å²) in [5, 5.41) is 1.29.